The molecule has 0 radical (unpaired) electrons. The van der Waals surface area contributed by atoms with Crippen LogP contribution in [-0.4, -0.2) is 15.9 Å². The van der Waals surface area contributed by atoms with Crippen LogP contribution in [0.5, 0.6) is 0 Å². The Kier molecular flexibility index (Phi) is 4.57. The van der Waals surface area contributed by atoms with Crippen LogP contribution in [0.3, 0.4) is 0 Å². The van der Waals surface area contributed by atoms with Gasteiger partial charge < -0.3 is 16.0 Å². The summed E-state index contributed by atoms with van der Waals surface area (Å²) in [5.41, 5.74) is 5.55. The van der Waals surface area contributed by atoms with Gasteiger partial charge in [-0.1, -0.05) is 36.4 Å². The molecule has 0 aliphatic carbocycles. The Balaban J connectivity index is 1.32. The van der Waals surface area contributed by atoms with E-state index in [1.165, 1.54) is 5.56 Å². The molecule has 0 saturated carbocycles. The molecule has 0 fully saturated rings. The van der Waals surface area contributed by atoms with E-state index in [0.29, 0.717) is 5.56 Å². The number of aromatic nitrogens is 2. The van der Waals surface area contributed by atoms with E-state index in [0.717, 1.165) is 40.7 Å². The predicted molar refractivity (Wildman–Crippen MR) is 119 cm³/mol. The van der Waals surface area contributed by atoms with Crippen LogP contribution in [0.4, 0.5) is 28.7 Å². The van der Waals surface area contributed by atoms with Crippen molar-refractivity contribution in [3.05, 3.63) is 102 Å². The highest BCUT2D eigenvalue weighted by Crippen LogP contribution is 2.35. The molecule has 0 saturated heterocycles. The minimum absolute atomic E-state index is 0.133. The second-order valence-electron chi connectivity index (χ2n) is 7.03. The Hall–Kier alpha value is -4.19. The van der Waals surface area contributed by atoms with Crippen molar-refractivity contribution < 1.29 is 4.79 Å². The van der Waals surface area contributed by atoms with Gasteiger partial charge >= 0.3 is 0 Å². The number of carbonyl (C=O) groups is 1. The molecule has 6 heteroatoms. The van der Waals surface area contributed by atoms with E-state index in [4.69, 9.17) is 0 Å². The fourth-order valence-corrected chi connectivity index (χ4v) is 3.48. The van der Waals surface area contributed by atoms with Crippen molar-refractivity contribution >= 4 is 34.6 Å². The van der Waals surface area contributed by atoms with E-state index >= 15 is 0 Å². The van der Waals surface area contributed by atoms with Crippen LogP contribution in [0.15, 0.2) is 85.2 Å². The van der Waals surface area contributed by atoms with Crippen LogP contribution >= 0.6 is 0 Å². The van der Waals surface area contributed by atoms with Gasteiger partial charge in [-0.25, -0.2) is 9.97 Å². The van der Waals surface area contributed by atoms with Crippen LogP contribution in [0.1, 0.15) is 21.5 Å². The average Bonchev–Trinajstić information content (AvgIpc) is 2.80. The molecule has 0 unspecified atom stereocenters. The van der Waals surface area contributed by atoms with Crippen molar-refractivity contribution in [2.75, 3.05) is 16.0 Å². The van der Waals surface area contributed by atoms with Crippen LogP contribution in [0, 0.1) is 0 Å². The molecule has 3 aromatic carbocycles. The predicted octanol–water partition coefficient (Wildman–Crippen LogP) is 5.12. The highest BCUT2D eigenvalue weighted by molar-refractivity contribution is 6.04. The molecule has 2 heterocycles. The van der Waals surface area contributed by atoms with Crippen molar-refractivity contribution in [2.45, 2.75) is 6.42 Å². The number of nitrogens with one attached hydrogen (secondary N) is 3. The fourth-order valence-electron chi connectivity index (χ4n) is 3.48. The Bertz CT molecular complexity index is 1210. The Labute approximate surface area is 174 Å². The lowest BCUT2D eigenvalue weighted by Gasteiger charge is -2.22. The van der Waals surface area contributed by atoms with Crippen molar-refractivity contribution in [1.29, 1.82) is 0 Å². The fraction of sp³-hybridized carbons (Fsp3) is 0.0417. The molecule has 5 rings (SSSR count). The van der Waals surface area contributed by atoms with Gasteiger partial charge in [0.05, 0.1) is 0 Å². The number of carbonyl (C=O) groups excluding carboxylic acids is 1. The normalized spacial score (nSPS) is 11.6. The smallest absolute Gasteiger partial charge is 0.255 e. The number of benzene rings is 3. The van der Waals surface area contributed by atoms with Crippen molar-refractivity contribution in [3.8, 4) is 0 Å². The van der Waals surface area contributed by atoms with E-state index in [-0.39, 0.29) is 5.91 Å². The molecule has 0 atom stereocenters. The van der Waals surface area contributed by atoms with Crippen molar-refractivity contribution in [2.24, 2.45) is 0 Å². The summed E-state index contributed by atoms with van der Waals surface area (Å²) in [5, 5.41) is 9.65. The van der Waals surface area contributed by atoms with Crippen molar-refractivity contribution in [1.82, 2.24) is 9.97 Å². The van der Waals surface area contributed by atoms with Gasteiger partial charge in [-0.15, -0.1) is 0 Å². The lowest BCUT2D eigenvalue weighted by atomic mass is 10.00. The van der Waals surface area contributed by atoms with Gasteiger partial charge in [-0.2, -0.15) is 0 Å². The summed E-state index contributed by atoms with van der Waals surface area (Å²) in [6.07, 6.45) is 2.31. The molecular weight excluding hydrogens is 374 g/mol. The van der Waals surface area contributed by atoms with Crippen LogP contribution in [0.25, 0.3) is 0 Å². The summed E-state index contributed by atoms with van der Waals surface area (Å²) < 4.78 is 0. The molecule has 1 amide bonds. The van der Waals surface area contributed by atoms with E-state index in [9.17, 15) is 4.79 Å². The van der Waals surface area contributed by atoms with Crippen LogP contribution < -0.4 is 16.0 Å². The van der Waals surface area contributed by atoms with E-state index < -0.39 is 0 Å². The molecule has 3 N–H and O–H groups in total. The van der Waals surface area contributed by atoms with Gasteiger partial charge in [0.15, 0.2) is 0 Å². The maximum atomic E-state index is 12.3. The number of rotatable bonds is 4. The average molecular weight is 393 g/mol. The monoisotopic (exact) mass is 393 g/mol. The van der Waals surface area contributed by atoms with Gasteiger partial charge in [0.2, 0.25) is 0 Å². The quantitative estimate of drug-likeness (QED) is 0.395. The molecule has 1 aromatic heterocycles. The second-order valence-corrected chi connectivity index (χ2v) is 7.03. The van der Waals surface area contributed by atoms with Crippen molar-refractivity contribution in [3.63, 3.8) is 0 Å². The molecule has 146 valence electrons. The molecule has 30 heavy (non-hydrogen) atoms. The Morgan fingerprint density at radius 2 is 1.57 bits per heavy atom. The van der Waals surface area contributed by atoms with E-state index in [2.05, 4.69) is 38.1 Å². The molecule has 6 nitrogen and oxygen atoms in total. The SMILES string of the molecule is O=C(Nc1ccc(Nc2ncnc3c2Cc2ccccc2N3)cc1)c1ccccc1. The summed E-state index contributed by atoms with van der Waals surface area (Å²) in [5.74, 6) is 1.45. The molecule has 1 aliphatic heterocycles. The second kappa shape index (κ2) is 7.67. The maximum Gasteiger partial charge on any atom is 0.255 e. The number of hydrogen-bond acceptors (Lipinski definition) is 5. The van der Waals surface area contributed by atoms with Gasteiger partial charge in [0.25, 0.3) is 5.91 Å². The number of nitrogens with zero attached hydrogens (tertiary/aromatic N) is 2. The third-order valence-electron chi connectivity index (χ3n) is 5.02. The number of anilines is 5. The molecule has 1 aliphatic rings. The summed E-state index contributed by atoms with van der Waals surface area (Å²) in [4.78, 5) is 21.1. The topological polar surface area (TPSA) is 78.9 Å². The summed E-state index contributed by atoms with van der Waals surface area (Å²) in [6.45, 7) is 0. The Morgan fingerprint density at radius 1 is 0.833 bits per heavy atom. The third kappa shape index (κ3) is 3.58. The first-order chi connectivity index (χ1) is 14.8. The summed E-state index contributed by atoms with van der Waals surface area (Å²) in [7, 11) is 0. The van der Waals surface area contributed by atoms with Crippen LogP contribution in [-0.2, 0) is 6.42 Å². The van der Waals surface area contributed by atoms with Gasteiger partial charge in [0, 0.05) is 34.6 Å². The van der Waals surface area contributed by atoms with Gasteiger partial charge in [-0.05, 0) is 48.0 Å². The lowest BCUT2D eigenvalue weighted by Crippen LogP contribution is -2.12. The third-order valence-corrected chi connectivity index (χ3v) is 5.02. The molecule has 4 aromatic rings. The molecule has 0 bridgehead atoms. The first-order valence-corrected chi connectivity index (χ1v) is 9.68. The standard InChI is InChI=1S/C24H19N5O/c30-24(16-6-2-1-3-7-16)28-19-12-10-18(11-13-19)27-22-20-14-17-8-4-5-9-21(17)29-23(20)26-15-25-22/h1-13,15H,14H2,(H,28,30)(H2,25,26,27,29). The zero-order valence-corrected chi connectivity index (χ0v) is 16.1. The minimum atomic E-state index is -0.133. The number of amides is 1. The molecule has 0 spiro atoms. The first-order valence-electron chi connectivity index (χ1n) is 9.68. The highest BCUT2D eigenvalue weighted by Gasteiger charge is 2.19. The van der Waals surface area contributed by atoms with Crippen LogP contribution in [0.2, 0.25) is 0 Å². The Morgan fingerprint density at radius 3 is 2.40 bits per heavy atom. The van der Waals surface area contributed by atoms with E-state index in [1.807, 2.05) is 54.6 Å². The van der Waals surface area contributed by atoms with Gasteiger partial charge in [0.1, 0.15) is 18.0 Å². The highest BCUT2D eigenvalue weighted by atomic mass is 16.1. The minimum Gasteiger partial charge on any atom is -0.340 e. The summed E-state index contributed by atoms with van der Waals surface area (Å²) >= 11 is 0. The largest absolute Gasteiger partial charge is 0.340 e. The zero-order valence-electron chi connectivity index (χ0n) is 16.1. The number of fused-ring (bicyclic) bond motifs is 2. The zero-order chi connectivity index (χ0) is 20.3. The van der Waals surface area contributed by atoms with E-state index in [1.54, 1.807) is 18.5 Å². The number of hydrogen-bond donors (Lipinski definition) is 3. The molecular formula is C24H19N5O. The first kappa shape index (κ1) is 17.9. The van der Waals surface area contributed by atoms with Gasteiger partial charge in [-0.3, -0.25) is 4.79 Å². The maximum absolute atomic E-state index is 12.3. The summed E-state index contributed by atoms with van der Waals surface area (Å²) in [6, 6.07) is 24.9. The number of para-hydroxylation sites is 1. The lowest BCUT2D eigenvalue weighted by molar-refractivity contribution is 0.102.